The molecule has 1 heterocycles. The van der Waals surface area contributed by atoms with Crippen LogP contribution in [-0.2, 0) is 11.2 Å². The molecule has 0 saturated heterocycles. The molecule has 0 radical (unpaired) electrons. The zero-order valence-corrected chi connectivity index (χ0v) is 16.6. The normalized spacial score (nSPS) is 10.7. The number of hydrogen-bond donors (Lipinski definition) is 2. The van der Waals surface area contributed by atoms with Crippen molar-refractivity contribution < 1.29 is 14.6 Å². The van der Waals surface area contributed by atoms with Crippen molar-refractivity contribution in [2.45, 2.75) is 33.6 Å². The Balaban J connectivity index is 1.72. The van der Waals surface area contributed by atoms with Crippen molar-refractivity contribution in [3.63, 3.8) is 0 Å². The molecule has 1 aromatic heterocycles. The SMILES string of the molecule is COc1cccc(-n2nc(C)c(CCC(=O)Nc3ccc(C)cc3O)c2C)c1. The molecule has 3 aromatic rings. The van der Waals surface area contributed by atoms with Gasteiger partial charge in [-0.1, -0.05) is 12.1 Å². The molecule has 2 aromatic carbocycles. The largest absolute Gasteiger partial charge is 0.506 e. The van der Waals surface area contributed by atoms with E-state index in [0.717, 1.165) is 34.0 Å². The number of phenolic OH excluding ortho intramolecular Hbond substituents is 1. The molecule has 0 aliphatic carbocycles. The Bertz CT molecular complexity index is 1010. The fraction of sp³-hybridized carbons (Fsp3) is 0.273. The fourth-order valence-electron chi connectivity index (χ4n) is 3.23. The minimum atomic E-state index is -0.146. The third-order valence-corrected chi connectivity index (χ3v) is 4.77. The molecule has 3 rings (SSSR count). The van der Waals surface area contributed by atoms with Crippen molar-refractivity contribution in [2.24, 2.45) is 0 Å². The Morgan fingerprint density at radius 3 is 2.68 bits per heavy atom. The van der Waals surface area contributed by atoms with E-state index < -0.39 is 0 Å². The van der Waals surface area contributed by atoms with Crippen molar-refractivity contribution in [3.8, 4) is 17.2 Å². The molecule has 146 valence electrons. The summed E-state index contributed by atoms with van der Waals surface area (Å²) in [6, 6.07) is 12.9. The van der Waals surface area contributed by atoms with Crippen molar-refractivity contribution in [3.05, 3.63) is 65.0 Å². The van der Waals surface area contributed by atoms with E-state index in [1.807, 2.05) is 55.8 Å². The molecule has 2 N–H and O–H groups in total. The fourth-order valence-corrected chi connectivity index (χ4v) is 3.23. The second-order valence-electron chi connectivity index (χ2n) is 6.83. The van der Waals surface area contributed by atoms with Crippen LogP contribution in [0.2, 0.25) is 0 Å². The van der Waals surface area contributed by atoms with Crippen LogP contribution in [0.15, 0.2) is 42.5 Å². The number of ether oxygens (including phenoxy) is 1. The summed E-state index contributed by atoms with van der Waals surface area (Å²) in [6.45, 7) is 5.83. The topological polar surface area (TPSA) is 76.4 Å². The summed E-state index contributed by atoms with van der Waals surface area (Å²) in [4.78, 5) is 12.3. The number of nitrogens with one attached hydrogen (secondary N) is 1. The summed E-state index contributed by atoms with van der Waals surface area (Å²) in [7, 11) is 1.64. The third-order valence-electron chi connectivity index (χ3n) is 4.77. The first kappa shape index (κ1) is 19.5. The van der Waals surface area contributed by atoms with Gasteiger partial charge in [-0.15, -0.1) is 0 Å². The van der Waals surface area contributed by atoms with E-state index in [4.69, 9.17) is 4.74 Å². The Hall–Kier alpha value is -3.28. The number of rotatable bonds is 6. The molecule has 0 fully saturated rings. The number of aromatic hydroxyl groups is 1. The molecular weight excluding hydrogens is 354 g/mol. The predicted molar refractivity (Wildman–Crippen MR) is 109 cm³/mol. The number of hydrogen-bond acceptors (Lipinski definition) is 4. The molecule has 1 amide bonds. The quantitative estimate of drug-likeness (QED) is 0.633. The van der Waals surface area contributed by atoms with Gasteiger partial charge < -0.3 is 15.2 Å². The number of amides is 1. The van der Waals surface area contributed by atoms with Crippen LogP contribution >= 0.6 is 0 Å². The summed E-state index contributed by atoms with van der Waals surface area (Å²) < 4.78 is 7.16. The van der Waals surface area contributed by atoms with Crippen LogP contribution in [-0.4, -0.2) is 27.9 Å². The summed E-state index contributed by atoms with van der Waals surface area (Å²) in [5, 5.41) is 17.3. The number of methoxy groups -OCH3 is 1. The molecular formula is C22H25N3O3. The van der Waals surface area contributed by atoms with Crippen LogP contribution in [0.1, 0.15) is 28.9 Å². The maximum absolute atomic E-state index is 12.3. The van der Waals surface area contributed by atoms with E-state index in [9.17, 15) is 9.90 Å². The number of aryl methyl sites for hydroxylation is 2. The van der Waals surface area contributed by atoms with Gasteiger partial charge in [0.2, 0.25) is 5.91 Å². The third kappa shape index (κ3) is 4.17. The summed E-state index contributed by atoms with van der Waals surface area (Å²) in [5.41, 5.74) is 5.22. The van der Waals surface area contributed by atoms with Gasteiger partial charge in [-0.2, -0.15) is 5.10 Å². The van der Waals surface area contributed by atoms with E-state index in [1.54, 1.807) is 19.2 Å². The number of nitrogens with zero attached hydrogens (tertiary/aromatic N) is 2. The van der Waals surface area contributed by atoms with Crippen LogP contribution in [0.4, 0.5) is 5.69 Å². The zero-order chi connectivity index (χ0) is 20.3. The highest BCUT2D eigenvalue weighted by atomic mass is 16.5. The van der Waals surface area contributed by atoms with Crippen LogP contribution in [0.3, 0.4) is 0 Å². The van der Waals surface area contributed by atoms with Crippen molar-refractivity contribution in [1.82, 2.24) is 9.78 Å². The van der Waals surface area contributed by atoms with Crippen molar-refractivity contribution in [2.75, 3.05) is 12.4 Å². The maximum atomic E-state index is 12.3. The summed E-state index contributed by atoms with van der Waals surface area (Å²) in [5.74, 6) is 0.697. The lowest BCUT2D eigenvalue weighted by Gasteiger charge is -2.09. The first-order chi connectivity index (χ1) is 13.4. The standard InChI is InChI=1S/C22H25N3O3/c1-14-8-10-20(21(26)12-14)23-22(27)11-9-19-15(2)24-25(16(19)3)17-6-5-7-18(13-17)28-4/h5-8,10,12-13,26H,9,11H2,1-4H3,(H,23,27). The van der Waals surface area contributed by atoms with Crippen LogP contribution < -0.4 is 10.1 Å². The second kappa shape index (κ2) is 8.17. The molecule has 0 aliphatic rings. The van der Waals surface area contributed by atoms with E-state index in [0.29, 0.717) is 18.5 Å². The van der Waals surface area contributed by atoms with Crippen LogP contribution in [0, 0.1) is 20.8 Å². The molecule has 28 heavy (non-hydrogen) atoms. The Morgan fingerprint density at radius 1 is 1.18 bits per heavy atom. The van der Waals surface area contributed by atoms with Gasteiger partial charge in [-0.3, -0.25) is 4.79 Å². The first-order valence-electron chi connectivity index (χ1n) is 9.18. The second-order valence-corrected chi connectivity index (χ2v) is 6.83. The minimum absolute atomic E-state index is 0.0755. The average molecular weight is 379 g/mol. The van der Waals surface area contributed by atoms with E-state index in [1.165, 1.54) is 0 Å². The van der Waals surface area contributed by atoms with Gasteiger partial charge in [0.25, 0.3) is 0 Å². The zero-order valence-electron chi connectivity index (χ0n) is 16.6. The Labute approximate surface area is 164 Å². The van der Waals surface area contributed by atoms with Crippen molar-refractivity contribution in [1.29, 1.82) is 0 Å². The molecule has 0 atom stereocenters. The number of carbonyl (C=O) groups excluding carboxylic acids is 1. The number of carbonyl (C=O) groups is 1. The molecule has 0 spiro atoms. The van der Waals surface area contributed by atoms with Gasteiger partial charge in [0.15, 0.2) is 0 Å². The average Bonchev–Trinajstić information content (AvgIpc) is 2.96. The van der Waals surface area contributed by atoms with Crippen LogP contribution in [0.25, 0.3) is 5.69 Å². The highest BCUT2D eigenvalue weighted by Crippen LogP contribution is 2.25. The van der Waals surface area contributed by atoms with Gasteiger partial charge in [0.1, 0.15) is 11.5 Å². The smallest absolute Gasteiger partial charge is 0.224 e. The van der Waals surface area contributed by atoms with Crippen LogP contribution in [0.5, 0.6) is 11.5 Å². The molecule has 0 aliphatic heterocycles. The Morgan fingerprint density at radius 2 is 1.96 bits per heavy atom. The lowest BCUT2D eigenvalue weighted by molar-refractivity contribution is -0.116. The maximum Gasteiger partial charge on any atom is 0.224 e. The highest BCUT2D eigenvalue weighted by Gasteiger charge is 2.15. The molecule has 0 bridgehead atoms. The monoisotopic (exact) mass is 379 g/mol. The van der Waals surface area contributed by atoms with E-state index in [-0.39, 0.29) is 11.7 Å². The predicted octanol–water partition coefficient (Wildman–Crippen LogP) is 4.08. The number of benzene rings is 2. The Kier molecular flexibility index (Phi) is 5.68. The highest BCUT2D eigenvalue weighted by molar-refractivity contribution is 5.92. The number of phenols is 1. The summed E-state index contributed by atoms with van der Waals surface area (Å²) >= 11 is 0. The van der Waals surface area contributed by atoms with E-state index >= 15 is 0 Å². The van der Waals surface area contributed by atoms with Gasteiger partial charge >= 0.3 is 0 Å². The van der Waals surface area contributed by atoms with Gasteiger partial charge in [-0.05, 0) is 62.6 Å². The van der Waals surface area contributed by atoms with Gasteiger partial charge in [0, 0.05) is 18.2 Å². The van der Waals surface area contributed by atoms with E-state index in [2.05, 4.69) is 10.4 Å². The molecule has 6 nitrogen and oxygen atoms in total. The molecule has 0 saturated carbocycles. The lowest BCUT2D eigenvalue weighted by atomic mass is 10.1. The van der Waals surface area contributed by atoms with Crippen molar-refractivity contribution >= 4 is 11.6 Å². The minimum Gasteiger partial charge on any atom is -0.506 e. The number of aromatic nitrogens is 2. The molecule has 0 unspecified atom stereocenters. The first-order valence-corrected chi connectivity index (χ1v) is 9.18. The molecule has 6 heteroatoms. The number of anilines is 1. The summed E-state index contributed by atoms with van der Waals surface area (Å²) in [6.07, 6.45) is 0.874. The van der Waals surface area contributed by atoms with Gasteiger partial charge in [-0.25, -0.2) is 4.68 Å². The van der Waals surface area contributed by atoms with Gasteiger partial charge in [0.05, 0.1) is 24.2 Å². The lowest BCUT2D eigenvalue weighted by Crippen LogP contribution is -2.13.